The summed E-state index contributed by atoms with van der Waals surface area (Å²) < 4.78 is 2.06. The average molecular weight is 330 g/mol. The maximum atomic E-state index is 12.6. The molecule has 132 valence electrons. The van der Waals surface area contributed by atoms with Gasteiger partial charge in [-0.15, -0.1) is 5.10 Å². The normalized spacial score (nSPS) is 24.1. The summed E-state index contributed by atoms with van der Waals surface area (Å²) in [5, 5.41) is 8.66. The lowest BCUT2D eigenvalue weighted by Gasteiger charge is -2.32. The minimum absolute atomic E-state index is 0.387. The van der Waals surface area contributed by atoms with E-state index in [4.69, 9.17) is 0 Å². The number of hydrogen-bond acceptors (Lipinski definition) is 3. The van der Waals surface area contributed by atoms with E-state index >= 15 is 0 Å². The van der Waals surface area contributed by atoms with Gasteiger partial charge in [0.05, 0.1) is 11.7 Å². The van der Waals surface area contributed by atoms with Gasteiger partial charge in [-0.3, -0.25) is 4.79 Å². The van der Waals surface area contributed by atoms with Crippen LogP contribution in [0.4, 0.5) is 0 Å². The molecule has 2 saturated carbocycles. The standard InChI is InChI=1S/C19H30N4O/c24-19(13-15-5-3-1-2-4-6-15)22-11-9-17(10-12-22)23-14-18(20-21-23)16-7-8-16/h14-17H,1-13H2. The lowest BCUT2D eigenvalue weighted by Crippen LogP contribution is -2.39. The minimum atomic E-state index is 0.387. The second-order valence-electron chi connectivity index (χ2n) is 8.07. The summed E-state index contributed by atoms with van der Waals surface area (Å²) in [6, 6.07) is 0.423. The van der Waals surface area contributed by atoms with E-state index in [1.165, 1.54) is 57.1 Å². The number of carbonyl (C=O) groups is 1. The van der Waals surface area contributed by atoms with Gasteiger partial charge in [0.25, 0.3) is 0 Å². The summed E-state index contributed by atoms with van der Waals surface area (Å²) in [7, 11) is 0. The fraction of sp³-hybridized carbons (Fsp3) is 0.842. The smallest absolute Gasteiger partial charge is 0.222 e. The van der Waals surface area contributed by atoms with Crippen molar-refractivity contribution in [2.75, 3.05) is 13.1 Å². The molecule has 0 radical (unpaired) electrons. The van der Waals surface area contributed by atoms with Crippen LogP contribution in [0.15, 0.2) is 6.20 Å². The van der Waals surface area contributed by atoms with Crippen LogP contribution in [0.1, 0.15) is 88.3 Å². The zero-order chi connectivity index (χ0) is 16.4. The predicted molar refractivity (Wildman–Crippen MR) is 92.7 cm³/mol. The van der Waals surface area contributed by atoms with Crippen LogP contribution in [0, 0.1) is 5.92 Å². The first-order valence-corrected chi connectivity index (χ1v) is 9.99. The van der Waals surface area contributed by atoms with Gasteiger partial charge in [0, 0.05) is 31.6 Å². The number of piperidine rings is 1. The summed E-state index contributed by atoms with van der Waals surface area (Å²) in [5.74, 6) is 1.69. The van der Waals surface area contributed by atoms with E-state index in [9.17, 15) is 4.79 Å². The first kappa shape index (κ1) is 16.1. The molecule has 0 aromatic carbocycles. The van der Waals surface area contributed by atoms with Gasteiger partial charge in [0.2, 0.25) is 5.91 Å². The summed E-state index contributed by atoms with van der Waals surface area (Å²) in [6.45, 7) is 1.77. The first-order valence-electron chi connectivity index (χ1n) is 9.99. The van der Waals surface area contributed by atoms with Gasteiger partial charge in [0.15, 0.2) is 0 Å². The van der Waals surface area contributed by atoms with Crippen LogP contribution in [-0.4, -0.2) is 38.9 Å². The van der Waals surface area contributed by atoms with E-state index in [2.05, 4.69) is 26.1 Å². The van der Waals surface area contributed by atoms with E-state index in [1.807, 2.05) is 0 Å². The van der Waals surface area contributed by atoms with Gasteiger partial charge in [-0.25, -0.2) is 4.68 Å². The largest absolute Gasteiger partial charge is 0.343 e. The summed E-state index contributed by atoms with van der Waals surface area (Å²) in [6.07, 6.45) is 15.4. The van der Waals surface area contributed by atoms with Crippen molar-refractivity contribution in [3.63, 3.8) is 0 Å². The van der Waals surface area contributed by atoms with Crippen LogP contribution in [0.25, 0.3) is 0 Å². The van der Waals surface area contributed by atoms with Crippen LogP contribution in [0.5, 0.6) is 0 Å². The van der Waals surface area contributed by atoms with Gasteiger partial charge in [-0.1, -0.05) is 30.9 Å². The Labute approximate surface area is 144 Å². The molecule has 3 fully saturated rings. The molecule has 4 rings (SSSR count). The van der Waals surface area contributed by atoms with Crippen LogP contribution in [-0.2, 0) is 4.79 Å². The molecule has 1 aliphatic heterocycles. The van der Waals surface area contributed by atoms with Crippen molar-refractivity contribution in [2.24, 2.45) is 5.92 Å². The Morgan fingerprint density at radius 2 is 1.71 bits per heavy atom. The molecule has 1 saturated heterocycles. The number of amides is 1. The Morgan fingerprint density at radius 3 is 2.38 bits per heavy atom. The lowest BCUT2D eigenvalue weighted by atomic mass is 9.95. The second kappa shape index (κ2) is 7.24. The SMILES string of the molecule is O=C(CC1CCCCCC1)N1CCC(n2cc(C3CC3)nn2)CC1. The Bertz CT molecular complexity index is 549. The Balaban J connectivity index is 1.26. The molecular formula is C19H30N4O. The molecule has 5 heteroatoms. The second-order valence-corrected chi connectivity index (χ2v) is 8.07. The molecule has 1 amide bonds. The van der Waals surface area contributed by atoms with Gasteiger partial charge in [0.1, 0.15) is 0 Å². The Morgan fingerprint density at radius 1 is 1.00 bits per heavy atom. The Kier molecular flexibility index (Phi) is 4.86. The highest BCUT2D eigenvalue weighted by Crippen LogP contribution is 2.39. The number of likely N-dealkylation sites (tertiary alicyclic amines) is 1. The van der Waals surface area contributed by atoms with Crippen LogP contribution in [0.3, 0.4) is 0 Å². The summed E-state index contributed by atoms with van der Waals surface area (Å²) in [4.78, 5) is 14.7. The molecule has 0 unspecified atom stereocenters. The fourth-order valence-corrected chi connectivity index (χ4v) is 4.36. The third kappa shape index (κ3) is 3.81. The minimum Gasteiger partial charge on any atom is -0.343 e. The van der Waals surface area contributed by atoms with Crippen molar-refractivity contribution in [1.29, 1.82) is 0 Å². The van der Waals surface area contributed by atoms with Gasteiger partial charge in [-0.2, -0.15) is 0 Å². The maximum absolute atomic E-state index is 12.6. The molecule has 24 heavy (non-hydrogen) atoms. The highest BCUT2D eigenvalue weighted by Gasteiger charge is 2.29. The zero-order valence-electron chi connectivity index (χ0n) is 14.7. The van der Waals surface area contributed by atoms with Crippen LogP contribution < -0.4 is 0 Å². The van der Waals surface area contributed by atoms with Crippen LogP contribution in [0.2, 0.25) is 0 Å². The van der Waals surface area contributed by atoms with E-state index in [-0.39, 0.29) is 0 Å². The average Bonchev–Trinajstić information content (AvgIpc) is 3.39. The van der Waals surface area contributed by atoms with E-state index in [0.29, 0.717) is 23.8 Å². The molecule has 1 aromatic heterocycles. The molecule has 5 nitrogen and oxygen atoms in total. The maximum Gasteiger partial charge on any atom is 0.222 e. The molecule has 2 heterocycles. The van der Waals surface area contributed by atoms with Gasteiger partial charge in [-0.05, 0) is 44.4 Å². The molecule has 0 spiro atoms. The number of aromatic nitrogens is 3. The molecule has 1 aromatic rings. The monoisotopic (exact) mass is 330 g/mol. The highest BCUT2D eigenvalue weighted by atomic mass is 16.2. The van der Waals surface area contributed by atoms with E-state index in [0.717, 1.165) is 32.4 Å². The molecule has 2 aliphatic carbocycles. The number of nitrogens with zero attached hydrogens (tertiary/aromatic N) is 4. The Hall–Kier alpha value is -1.39. The lowest BCUT2D eigenvalue weighted by molar-refractivity contribution is -0.133. The molecule has 3 aliphatic rings. The van der Waals surface area contributed by atoms with Crippen molar-refractivity contribution in [3.05, 3.63) is 11.9 Å². The topological polar surface area (TPSA) is 51.0 Å². The number of rotatable bonds is 4. The third-order valence-electron chi connectivity index (χ3n) is 6.15. The van der Waals surface area contributed by atoms with Crippen molar-refractivity contribution < 1.29 is 4.79 Å². The van der Waals surface area contributed by atoms with Crippen molar-refractivity contribution in [1.82, 2.24) is 19.9 Å². The van der Waals surface area contributed by atoms with Crippen molar-refractivity contribution in [3.8, 4) is 0 Å². The van der Waals surface area contributed by atoms with Crippen LogP contribution >= 0.6 is 0 Å². The molecular weight excluding hydrogens is 300 g/mol. The van der Waals surface area contributed by atoms with Gasteiger partial charge < -0.3 is 4.90 Å². The summed E-state index contributed by atoms with van der Waals surface area (Å²) >= 11 is 0. The molecule has 0 N–H and O–H groups in total. The molecule has 0 atom stereocenters. The van der Waals surface area contributed by atoms with Crippen molar-refractivity contribution >= 4 is 5.91 Å². The molecule has 0 bridgehead atoms. The highest BCUT2D eigenvalue weighted by molar-refractivity contribution is 5.76. The summed E-state index contributed by atoms with van der Waals surface area (Å²) in [5.41, 5.74) is 1.17. The number of hydrogen-bond donors (Lipinski definition) is 0. The zero-order valence-corrected chi connectivity index (χ0v) is 14.7. The third-order valence-corrected chi connectivity index (χ3v) is 6.15. The van der Waals surface area contributed by atoms with Gasteiger partial charge >= 0.3 is 0 Å². The fourth-order valence-electron chi connectivity index (χ4n) is 4.36. The van der Waals surface area contributed by atoms with E-state index in [1.54, 1.807) is 0 Å². The quantitative estimate of drug-likeness (QED) is 0.791. The van der Waals surface area contributed by atoms with Crippen molar-refractivity contribution in [2.45, 2.75) is 82.6 Å². The number of carbonyl (C=O) groups excluding carboxylic acids is 1. The predicted octanol–water partition coefficient (Wildman–Crippen LogP) is 3.68. The first-order chi connectivity index (χ1) is 11.8. The van der Waals surface area contributed by atoms with E-state index < -0.39 is 0 Å².